The van der Waals surface area contributed by atoms with Crippen LogP contribution in [0.3, 0.4) is 0 Å². The van der Waals surface area contributed by atoms with Gasteiger partial charge in [0.25, 0.3) is 0 Å². The fourth-order valence-electron chi connectivity index (χ4n) is 3.10. The molecule has 0 fully saturated rings. The van der Waals surface area contributed by atoms with Gasteiger partial charge in [-0.2, -0.15) is 0 Å². The molecule has 3 aromatic rings. The maximum absolute atomic E-state index is 5.53. The Kier molecular flexibility index (Phi) is 5.73. The number of benzene rings is 2. The normalized spacial score (nSPS) is 12.1. The molecule has 0 saturated carbocycles. The van der Waals surface area contributed by atoms with Crippen LogP contribution in [0.1, 0.15) is 10.6 Å². The summed E-state index contributed by atoms with van der Waals surface area (Å²) in [7, 11) is 4.86. The molecule has 1 N–H and O–H groups in total. The Morgan fingerprint density at radius 3 is 2.48 bits per heavy atom. The highest BCUT2D eigenvalue weighted by Crippen LogP contribution is 2.41. The molecule has 29 heavy (non-hydrogen) atoms. The number of rotatable bonds is 8. The Morgan fingerprint density at radius 1 is 0.931 bits per heavy atom. The van der Waals surface area contributed by atoms with E-state index in [0.29, 0.717) is 30.3 Å². The van der Waals surface area contributed by atoms with Crippen LogP contribution < -0.4 is 29.0 Å². The highest BCUT2D eigenvalue weighted by molar-refractivity contribution is 7.15. The van der Waals surface area contributed by atoms with E-state index in [-0.39, 0.29) is 6.79 Å². The van der Waals surface area contributed by atoms with Crippen molar-refractivity contribution in [1.29, 1.82) is 0 Å². The summed E-state index contributed by atoms with van der Waals surface area (Å²) in [6, 6.07) is 9.70. The first-order chi connectivity index (χ1) is 14.2. The second-order valence-electron chi connectivity index (χ2n) is 6.32. The van der Waals surface area contributed by atoms with Gasteiger partial charge in [0.15, 0.2) is 23.0 Å². The molecule has 0 aliphatic carbocycles. The van der Waals surface area contributed by atoms with E-state index in [1.807, 2.05) is 36.5 Å². The molecule has 4 rings (SSSR count). The van der Waals surface area contributed by atoms with E-state index in [2.05, 4.69) is 10.3 Å². The minimum Gasteiger partial charge on any atom is -0.496 e. The van der Waals surface area contributed by atoms with E-state index < -0.39 is 0 Å². The Hall–Kier alpha value is -2.97. The number of thiazole rings is 1. The van der Waals surface area contributed by atoms with E-state index in [1.54, 1.807) is 32.7 Å². The van der Waals surface area contributed by atoms with Crippen molar-refractivity contribution in [3.05, 3.63) is 47.1 Å². The average molecular weight is 414 g/mol. The summed E-state index contributed by atoms with van der Waals surface area (Å²) >= 11 is 1.61. The SMILES string of the molecule is COc1cc(OC)c(-c2cnc(CNCc3ccc4c(c3)OCO4)s2)cc1OC. The second kappa shape index (κ2) is 8.59. The van der Waals surface area contributed by atoms with Crippen LogP contribution in [0.4, 0.5) is 0 Å². The molecule has 7 nitrogen and oxygen atoms in total. The van der Waals surface area contributed by atoms with Crippen LogP contribution in [0.25, 0.3) is 10.4 Å². The Labute approximate surface area is 173 Å². The van der Waals surface area contributed by atoms with Crippen molar-refractivity contribution in [2.75, 3.05) is 28.1 Å². The molecule has 8 heteroatoms. The maximum Gasteiger partial charge on any atom is 0.231 e. The summed E-state index contributed by atoms with van der Waals surface area (Å²) in [4.78, 5) is 5.54. The number of methoxy groups -OCH3 is 3. The van der Waals surface area contributed by atoms with E-state index in [4.69, 9.17) is 23.7 Å². The fraction of sp³-hybridized carbons (Fsp3) is 0.286. The summed E-state index contributed by atoms with van der Waals surface area (Å²) in [5.41, 5.74) is 2.05. The number of fused-ring (bicyclic) bond motifs is 1. The standard InChI is InChI=1S/C21H22N2O5S/c1-24-16-8-18(26-3)17(25-2)7-14(16)20-10-23-21(29-20)11-22-9-13-4-5-15-19(6-13)28-12-27-15/h4-8,10,22H,9,11-12H2,1-3H3. The number of aromatic nitrogens is 1. The van der Waals surface area contributed by atoms with Gasteiger partial charge < -0.3 is 29.0 Å². The molecule has 0 radical (unpaired) electrons. The topological polar surface area (TPSA) is 71.1 Å². The third-order valence-corrected chi connectivity index (χ3v) is 5.60. The van der Waals surface area contributed by atoms with Gasteiger partial charge in [0.1, 0.15) is 10.8 Å². The smallest absolute Gasteiger partial charge is 0.231 e. The van der Waals surface area contributed by atoms with Crippen molar-refractivity contribution in [2.24, 2.45) is 0 Å². The van der Waals surface area contributed by atoms with Gasteiger partial charge in [0.05, 0.1) is 26.2 Å². The second-order valence-corrected chi connectivity index (χ2v) is 7.43. The summed E-state index contributed by atoms with van der Waals surface area (Å²) in [6.07, 6.45) is 1.85. The molecule has 0 unspecified atom stereocenters. The number of hydrogen-bond acceptors (Lipinski definition) is 8. The van der Waals surface area contributed by atoms with Gasteiger partial charge in [-0.05, 0) is 23.8 Å². The molecule has 0 bridgehead atoms. The predicted octanol–water partition coefficient (Wildman–Crippen LogP) is 3.85. The van der Waals surface area contributed by atoms with E-state index >= 15 is 0 Å². The summed E-state index contributed by atoms with van der Waals surface area (Å²) in [6.45, 7) is 1.66. The van der Waals surface area contributed by atoms with E-state index in [1.165, 1.54) is 0 Å². The van der Waals surface area contributed by atoms with Gasteiger partial charge in [-0.15, -0.1) is 11.3 Å². The van der Waals surface area contributed by atoms with E-state index in [9.17, 15) is 0 Å². The molecule has 0 saturated heterocycles. The zero-order chi connectivity index (χ0) is 20.2. The lowest BCUT2D eigenvalue weighted by atomic mass is 10.1. The molecule has 2 heterocycles. The van der Waals surface area contributed by atoms with Gasteiger partial charge in [-0.25, -0.2) is 4.98 Å². The summed E-state index contributed by atoms with van der Waals surface area (Å²) < 4.78 is 27.1. The number of hydrogen-bond donors (Lipinski definition) is 1. The van der Waals surface area contributed by atoms with Gasteiger partial charge in [-0.1, -0.05) is 6.07 Å². The fourth-order valence-corrected chi connectivity index (χ4v) is 4.01. The van der Waals surface area contributed by atoms with E-state index in [0.717, 1.165) is 32.5 Å². The largest absolute Gasteiger partial charge is 0.496 e. The molecular weight excluding hydrogens is 392 g/mol. The number of ether oxygens (including phenoxy) is 5. The lowest BCUT2D eigenvalue weighted by Crippen LogP contribution is -2.12. The molecule has 2 aromatic carbocycles. The van der Waals surface area contributed by atoms with Crippen molar-refractivity contribution in [2.45, 2.75) is 13.1 Å². The number of nitrogens with one attached hydrogen (secondary N) is 1. The van der Waals surface area contributed by atoms with Crippen LogP contribution in [0.5, 0.6) is 28.7 Å². The predicted molar refractivity (Wildman–Crippen MR) is 110 cm³/mol. The molecule has 0 atom stereocenters. The van der Waals surface area contributed by atoms with Crippen LogP contribution in [0.15, 0.2) is 36.5 Å². The van der Waals surface area contributed by atoms with Crippen LogP contribution in [0, 0.1) is 0 Å². The van der Waals surface area contributed by atoms with Crippen LogP contribution >= 0.6 is 11.3 Å². The molecular formula is C21H22N2O5S. The third-order valence-electron chi connectivity index (χ3n) is 4.57. The highest BCUT2D eigenvalue weighted by Gasteiger charge is 2.16. The van der Waals surface area contributed by atoms with Gasteiger partial charge in [0, 0.05) is 30.9 Å². The molecule has 152 valence electrons. The van der Waals surface area contributed by atoms with Crippen molar-refractivity contribution in [3.8, 4) is 39.2 Å². The van der Waals surface area contributed by atoms with Crippen molar-refractivity contribution in [1.82, 2.24) is 10.3 Å². The Bertz CT molecular complexity index is 1000. The number of nitrogens with zero attached hydrogens (tertiary/aromatic N) is 1. The lowest BCUT2D eigenvalue weighted by molar-refractivity contribution is 0.174. The van der Waals surface area contributed by atoms with Crippen molar-refractivity contribution >= 4 is 11.3 Å². The molecule has 0 amide bonds. The zero-order valence-electron chi connectivity index (χ0n) is 16.5. The van der Waals surface area contributed by atoms with Gasteiger partial charge in [-0.3, -0.25) is 0 Å². The minimum absolute atomic E-state index is 0.285. The summed E-state index contributed by atoms with van der Waals surface area (Å²) in [5.74, 6) is 3.58. The Morgan fingerprint density at radius 2 is 1.69 bits per heavy atom. The van der Waals surface area contributed by atoms with Gasteiger partial charge >= 0.3 is 0 Å². The minimum atomic E-state index is 0.285. The lowest BCUT2D eigenvalue weighted by Gasteiger charge is -2.12. The van der Waals surface area contributed by atoms with Gasteiger partial charge in [0.2, 0.25) is 6.79 Å². The third kappa shape index (κ3) is 4.08. The highest BCUT2D eigenvalue weighted by atomic mass is 32.1. The van der Waals surface area contributed by atoms with Crippen molar-refractivity contribution < 1.29 is 23.7 Å². The Balaban J connectivity index is 1.44. The molecule has 1 aliphatic heterocycles. The first kappa shape index (κ1) is 19.4. The monoisotopic (exact) mass is 414 g/mol. The first-order valence-corrected chi connectivity index (χ1v) is 9.87. The zero-order valence-corrected chi connectivity index (χ0v) is 17.3. The first-order valence-electron chi connectivity index (χ1n) is 9.06. The maximum atomic E-state index is 5.53. The molecule has 0 spiro atoms. The van der Waals surface area contributed by atoms with Crippen LogP contribution in [0.2, 0.25) is 0 Å². The average Bonchev–Trinajstić information content (AvgIpc) is 3.41. The molecule has 1 aliphatic rings. The van der Waals surface area contributed by atoms with Crippen LogP contribution in [-0.4, -0.2) is 33.1 Å². The quantitative estimate of drug-likeness (QED) is 0.600. The van der Waals surface area contributed by atoms with Crippen molar-refractivity contribution in [3.63, 3.8) is 0 Å². The summed E-state index contributed by atoms with van der Waals surface area (Å²) in [5, 5.41) is 4.40. The van der Waals surface area contributed by atoms with Crippen LogP contribution in [-0.2, 0) is 13.1 Å². The molecule has 1 aromatic heterocycles.